The first-order valence-electron chi connectivity index (χ1n) is 7.50. The van der Waals surface area contributed by atoms with Gasteiger partial charge < -0.3 is 15.0 Å². The number of ether oxygens (including phenoxy) is 1. The van der Waals surface area contributed by atoms with Crippen molar-refractivity contribution in [2.45, 2.75) is 38.8 Å². The molecule has 6 nitrogen and oxygen atoms in total. The smallest absolute Gasteiger partial charge is 0.182 e. The van der Waals surface area contributed by atoms with Crippen LogP contribution in [0.2, 0.25) is 0 Å². The van der Waals surface area contributed by atoms with Gasteiger partial charge in [-0.15, -0.1) is 0 Å². The van der Waals surface area contributed by atoms with Gasteiger partial charge in [0, 0.05) is 38.1 Å². The van der Waals surface area contributed by atoms with E-state index in [1.54, 1.807) is 12.4 Å². The quantitative estimate of drug-likeness (QED) is 0.858. The highest BCUT2D eigenvalue weighted by molar-refractivity contribution is 5.47. The van der Waals surface area contributed by atoms with Crippen molar-refractivity contribution in [3.05, 3.63) is 18.1 Å². The van der Waals surface area contributed by atoms with Crippen LogP contribution in [-0.4, -0.2) is 53.3 Å². The Hall–Kier alpha value is -1.71. The lowest BCUT2D eigenvalue weighted by Gasteiger charge is -2.32. The Kier molecular flexibility index (Phi) is 5.90. The van der Waals surface area contributed by atoms with Gasteiger partial charge in [0.05, 0.1) is 12.7 Å². The van der Waals surface area contributed by atoms with Gasteiger partial charge in [0.1, 0.15) is 6.07 Å². The van der Waals surface area contributed by atoms with Crippen molar-refractivity contribution in [2.75, 3.05) is 31.6 Å². The molecule has 1 aliphatic heterocycles. The third-order valence-corrected chi connectivity index (χ3v) is 3.59. The van der Waals surface area contributed by atoms with E-state index in [0.29, 0.717) is 23.7 Å². The van der Waals surface area contributed by atoms with Crippen molar-refractivity contribution in [1.82, 2.24) is 14.9 Å². The van der Waals surface area contributed by atoms with Crippen molar-refractivity contribution in [2.24, 2.45) is 0 Å². The van der Waals surface area contributed by atoms with Crippen molar-refractivity contribution >= 4 is 5.82 Å². The summed E-state index contributed by atoms with van der Waals surface area (Å²) in [6.07, 6.45) is 5.54. The lowest BCUT2D eigenvalue weighted by atomic mass is 10.1. The maximum absolute atomic E-state index is 9.02. The molecule has 1 aromatic rings. The third-order valence-electron chi connectivity index (χ3n) is 3.59. The van der Waals surface area contributed by atoms with Gasteiger partial charge in [-0.2, -0.15) is 5.26 Å². The van der Waals surface area contributed by atoms with Crippen molar-refractivity contribution in [3.8, 4) is 6.07 Å². The van der Waals surface area contributed by atoms with Gasteiger partial charge >= 0.3 is 0 Å². The van der Waals surface area contributed by atoms with E-state index < -0.39 is 0 Å². The fourth-order valence-corrected chi connectivity index (χ4v) is 2.44. The van der Waals surface area contributed by atoms with Gasteiger partial charge in [0.15, 0.2) is 11.5 Å². The van der Waals surface area contributed by atoms with Crippen LogP contribution in [0.4, 0.5) is 5.82 Å². The topological polar surface area (TPSA) is 74.1 Å². The number of likely N-dealkylation sites (tertiary alicyclic amines) is 1. The first-order chi connectivity index (χ1) is 10.2. The molecule has 0 aliphatic carbocycles. The molecular weight excluding hydrogens is 266 g/mol. The van der Waals surface area contributed by atoms with Crippen LogP contribution in [0.5, 0.6) is 0 Å². The monoisotopic (exact) mass is 289 g/mol. The number of nitrogens with one attached hydrogen (secondary N) is 1. The lowest BCUT2D eigenvalue weighted by molar-refractivity contribution is 0.0543. The highest BCUT2D eigenvalue weighted by atomic mass is 16.5. The van der Waals surface area contributed by atoms with E-state index in [1.807, 2.05) is 0 Å². The minimum atomic E-state index is 0.297. The van der Waals surface area contributed by atoms with Crippen LogP contribution < -0.4 is 5.32 Å². The fraction of sp³-hybridized carbons (Fsp3) is 0.667. The summed E-state index contributed by atoms with van der Waals surface area (Å²) >= 11 is 0. The number of rotatable bonds is 6. The summed E-state index contributed by atoms with van der Waals surface area (Å²) in [5.74, 6) is 0.599. The molecule has 1 aromatic heterocycles. The molecule has 2 heterocycles. The van der Waals surface area contributed by atoms with Crippen LogP contribution in [0.15, 0.2) is 12.4 Å². The summed E-state index contributed by atoms with van der Waals surface area (Å²) in [5.41, 5.74) is 0.366. The van der Waals surface area contributed by atoms with Crippen LogP contribution in [-0.2, 0) is 4.74 Å². The van der Waals surface area contributed by atoms with Gasteiger partial charge in [0.2, 0.25) is 0 Å². The highest BCUT2D eigenvalue weighted by Gasteiger charge is 2.20. The van der Waals surface area contributed by atoms with E-state index in [1.165, 1.54) is 0 Å². The second kappa shape index (κ2) is 7.91. The van der Waals surface area contributed by atoms with E-state index in [9.17, 15) is 0 Å². The summed E-state index contributed by atoms with van der Waals surface area (Å²) in [5, 5.41) is 12.4. The molecule has 1 fully saturated rings. The Morgan fingerprint density at radius 2 is 2.10 bits per heavy atom. The Labute approximate surface area is 126 Å². The number of nitriles is 1. The van der Waals surface area contributed by atoms with Gasteiger partial charge in [-0.1, -0.05) is 0 Å². The number of anilines is 1. The van der Waals surface area contributed by atoms with Crippen molar-refractivity contribution in [1.29, 1.82) is 5.26 Å². The number of nitrogens with zero attached hydrogens (tertiary/aromatic N) is 4. The highest BCUT2D eigenvalue weighted by Crippen LogP contribution is 2.16. The Balaban J connectivity index is 1.75. The summed E-state index contributed by atoms with van der Waals surface area (Å²) in [7, 11) is 0. The molecule has 1 saturated heterocycles. The van der Waals surface area contributed by atoms with Crippen LogP contribution in [0.25, 0.3) is 0 Å². The molecule has 1 aliphatic rings. The zero-order chi connectivity index (χ0) is 15.1. The van der Waals surface area contributed by atoms with Crippen molar-refractivity contribution in [3.63, 3.8) is 0 Å². The third kappa shape index (κ3) is 4.96. The van der Waals surface area contributed by atoms with Crippen LogP contribution in [0.1, 0.15) is 32.4 Å². The van der Waals surface area contributed by atoms with E-state index in [-0.39, 0.29) is 0 Å². The maximum Gasteiger partial charge on any atom is 0.182 e. The zero-order valence-corrected chi connectivity index (χ0v) is 12.7. The average Bonchev–Trinajstić information content (AvgIpc) is 2.49. The van der Waals surface area contributed by atoms with E-state index in [4.69, 9.17) is 10.00 Å². The average molecular weight is 289 g/mol. The van der Waals surface area contributed by atoms with Crippen molar-refractivity contribution < 1.29 is 4.74 Å². The molecule has 2 rings (SSSR count). The molecule has 0 saturated carbocycles. The molecule has 0 aromatic carbocycles. The second-order valence-electron chi connectivity index (χ2n) is 5.55. The summed E-state index contributed by atoms with van der Waals surface area (Å²) < 4.78 is 5.59. The minimum absolute atomic E-state index is 0.297. The van der Waals surface area contributed by atoms with E-state index in [0.717, 1.165) is 39.1 Å². The molecule has 0 spiro atoms. The molecule has 21 heavy (non-hydrogen) atoms. The van der Waals surface area contributed by atoms with Gasteiger partial charge in [-0.25, -0.2) is 9.97 Å². The number of hydrogen-bond acceptors (Lipinski definition) is 6. The minimum Gasteiger partial charge on any atom is -0.377 e. The fourth-order valence-electron chi connectivity index (χ4n) is 2.44. The standard InChI is InChI=1S/C15H23N5O/c1-12(2)21-10-9-20-7-3-13(4-8-20)19-15-14(11-16)17-5-6-18-15/h5-6,12-13H,3-4,7-10H2,1-2H3,(H,18,19). The zero-order valence-electron chi connectivity index (χ0n) is 12.7. The largest absolute Gasteiger partial charge is 0.377 e. The van der Waals surface area contributed by atoms with Crippen LogP contribution in [0, 0.1) is 11.3 Å². The summed E-state index contributed by atoms with van der Waals surface area (Å²) in [6, 6.07) is 2.43. The molecule has 0 amide bonds. The van der Waals surface area contributed by atoms with Gasteiger partial charge in [-0.05, 0) is 26.7 Å². The Bertz CT molecular complexity index is 477. The van der Waals surface area contributed by atoms with E-state index >= 15 is 0 Å². The molecular formula is C15H23N5O. The molecule has 0 atom stereocenters. The predicted octanol–water partition coefficient (Wildman–Crippen LogP) is 1.65. The number of piperidine rings is 1. The Morgan fingerprint density at radius 3 is 2.76 bits per heavy atom. The van der Waals surface area contributed by atoms with Gasteiger partial charge in [0.25, 0.3) is 0 Å². The molecule has 1 N–H and O–H groups in total. The molecule has 0 bridgehead atoms. The lowest BCUT2D eigenvalue weighted by Crippen LogP contribution is -2.41. The number of aromatic nitrogens is 2. The first-order valence-corrected chi connectivity index (χ1v) is 7.50. The second-order valence-corrected chi connectivity index (χ2v) is 5.55. The van der Waals surface area contributed by atoms with E-state index in [2.05, 4.69) is 40.1 Å². The maximum atomic E-state index is 9.02. The number of hydrogen-bond donors (Lipinski definition) is 1. The SMILES string of the molecule is CC(C)OCCN1CCC(Nc2nccnc2C#N)CC1. The summed E-state index contributed by atoms with van der Waals surface area (Å²) in [4.78, 5) is 10.6. The molecule has 6 heteroatoms. The molecule has 0 radical (unpaired) electrons. The Morgan fingerprint density at radius 1 is 1.38 bits per heavy atom. The van der Waals surface area contributed by atoms with Gasteiger partial charge in [-0.3, -0.25) is 0 Å². The first kappa shape index (κ1) is 15.7. The summed E-state index contributed by atoms with van der Waals surface area (Å²) in [6.45, 7) is 7.98. The van der Waals surface area contributed by atoms with Crippen LogP contribution in [0.3, 0.4) is 0 Å². The molecule has 0 unspecified atom stereocenters. The predicted molar refractivity (Wildman–Crippen MR) is 80.9 cm³/mol. The normalized spacial score (nSPS) is 16.9. The van der Waals surface area contributed by atoms with Crippen LogP contribution >= 0.6 is 0 Å². The molecule has 114 valence electrons.